The number of nitrogens with one attached hydrogen (secondary N) is 1. The first-order chi connectivity index (χ1) is 7.17. The summed E-state index contributed by atoms with van der Waals surface area (Å²) in [6, 6.07) is 5.50. The van der Waals surface area contributed by atoms with Gasteiger partial charge in [0, 0.05) is 12.6 Å². The highest BCUT2D eigenvalue weighted by molar-refractivity contribution is 5.59. The molecular weight excluding hydrogens is 194 g/mol. The van der Waals surface area contributed by atoms with Gasteiger partial charge in [-0.25, -0.2) is 0 Å². The van der Waals surface area contributed by atoms with Gasteiger partial charge in [-0.05, 0) is 19.1 Å². The number of rotatable bonds is 5. The normalized spacial score (nSPS) is 12.0. The summed E-state index contributed by atoms with van der Waals surface area (Å²) >= 11 is 0. The van der Waals surface area contributed by atoms with Crippen molar-refractivity contribution in [1.82, 2.24) is 0 Å². The fraction of sp³-hybridized carbons (Fsp3) is 0.455. The van der Waals surface area contributed by atoms with Crippen LogP contribution in [0.2, 0.25) is 0 Å². The minimum atomic E-state index is -0.392. The van der Waals surface area contributed by atoms with Gasteiger partial charge in [-0.1, -0.05) is 0 Å². The van der Waals surface area contributed by atoms with Gasteiger partial charge >= 0.3 is 0 Å². The van der Waals surface area contributed by atoms with Gasteiger partial charge in [0.05, 0.1) is 26.0 Å². The Morgan fingerprint density at radius 1 is 1.33 bits per heavy atom. The average molecular weight is 211 g/mol. The minimum absolute atomic E-state index is 0.392. The van der Waals surface area contributed by atoms with Crippen LogP contribution in [-0.2, 0) is 0 Å². The van der Waals surface area contributed by atoms with Crippen LogP contribution in [0.15, 0.2) is 18.2 Å². The molecule has 84 valence electrons. The van der Waals surface area contributed by atoms with E-state index in [-0.39, 0.29) is 0 Å². The Labute approximate surface area is 89.8 Å². The lowest BCUT2D eigenvalue weighted by molar-refractivity contribution is 0.208. The van der Waals surface area contributed by atoms with E-state index >= 15 is 0 Å². The van der Waals surface area contributed by atoms with Gasteiger partial charge in [0.2, 0.25) is 0 Å². The lowest BCUT2D eigenvalue weighted by Crippen LogP contribution is -2.15. The van der Waals surface area contributed by atoms with Gasteiger partial charge in [-0.2, -0.15) is 0 Å². The summed E-state index contributed by atoms with van der Waals surface area (Å²) in [5.74, 6) is 1.45. The zero-order chi connectivity index (χ0) is 11.3. The molecule has 0 aliphatic carbocycles. The van der Waals surface area contributed by atoms with E-state index in [2.05, 4.69) is 5.32 Å². The molecule has 1 aromatic carbocycles. The van der Waals surface area contributed by atoms with E-state index in [9.17, 15) is 0 Å². The number of benzene rings is 1. The number of hydrogen-bond acceptors (Lipinski definition) is 4. The number of ether oxygens (including phenoxy) is 2. The Morgan fingerprint density at radius 2 is 2.07 bits per heavy atom. The second-order valence-electron chi connectivity index (χ2n) is 3.30. The predicted octanol–water partition coefficient (Wildman–Crippen LogP) is 1.50. The predicted molar refractivity (Wildman–Crippen MR) is 59.7 cm³/mol. The molecule has 0 saturated heterocycles. The summed E-state index contributed by atoms with van der Waals surface area (Å²) in [6.45, 7) is 2.21. The molecule has 1 aromatic rings. The van der Waals surface area contributed by atoms with E-state index in [1.807, 2.05) is 12.1 Å². The van der Waals surface area contributed by atoms with Crippen LogP contribution in [0.25, 0.3) is 0 Å². The fourth-order valence-electron chi connectivity index (χ4n) is 1.20. The monoisotopic (exact) mass is 211 g/mol. The SMILES string of the molecule is COc1ccc(NC[C@@H](C)O)c(OC)c1. The summed E-state index contributed by atoms with van der Waals surface area (Å²) in [6.07, 6.45) is -0.392. The molecule has 1 atom stereocenters. The van der Waals surface area contributed by atoms with Crippen LogP contribution < -0.4 is 14.8 Å². The van der Waals surface area contributed by atoms with Crippen LogP contribution in [0.4, 0.5) is 5.69 Å². The van der Waals surface area contributed by atoms with Crippen molar-refractivity contribution < 1.29 is 14.6 Å². The van der Waals surface area contributed by atoms with Crippen LogP contribution in [0.1, 0.15) is 6.92 Å². The number of anilines is 1. The summed E-state index contributed by atoms with van der Waals surface area (Å²) in [5, 5.41) is 12.2. The number of hydrogen-bond donors (Lipinski definition) is 2. The smallest absolute Gasteiger partial charge is 0.145 e. The summed E-state index contributed by atoms with van der Waals surface area (Å²) in [5.41, 5.74) is 0.846. The maximum atomic E-state index is 9.15. The molecular formula is C11H17NO3. The van der Waals surface area contributed by atoms with Gasteiger partial charge in [-0.15, -0.1) is 0 Å². The molecule has 15 heavy (non-hydrogen) atoms. The highest BCUT2D eigenvalue weighted by Crippen LogP contribution is 2.28. The van der Waals surface area contributed by atoms with Crippen LogP contribution >= 0.6 is 0 Å². The van der Waals surface area contributed by atoms with Crippen molar-refractivity contribution in [3.05, 3.63) is 18.2 Å². The molecule has 0 spiro atoms. The molecule has 4 nitrogen and oxygen atoms in total. The Bertz CT molecular complexity index is 313. The van der Waals surface area contributed by atoms with Crippen molar-refractivity contribution in [2.75, 3.05) is 26.1 Å². The molecule has 0 saturated carbocycles. The first-order valence-corrected chi connectivity index (χ1v) is 4.81. The third-order valence-corrected chi connectivity index (χ3v) is 2.00. The largest absolute Gasteiger partial charge is 0.497 e. The zero-order valence-corrected chi connectivity index (χ0v) is 9.28. The fourth-order valence-corrected chi connectivity index (χ4v) is 1.20. The van der Waals surface area contributed by atoms with Crippen molar-refractivity contribution in [1.29, 1.82) is 0 Å². The quantitative estimate of drug-likeness (QED) is 0.775. The van der Waals surface area contributed by atoms with Crippen LogP contribution in [0.3, 0.4) is 0 Å². The van der Waals surface area contributed by atoms with Gasteiger partial charge in [0.25, 0.3) is 0 Å². The van der Waals surface area contributed by atoms with Crippen LogP contribution in [-0.4, -0.2) is 32.0 Å². The minimum Gasteiger partial charge on any atom is -0.497 e. The van der Waals surface area contributed by atoms with Crippen LogP contribution in [0.5, 0.6) is 11.5 Å². The molecule has 0 bridgehead atoms. The molecule has 0 aliphatic heterocycles. The molecule has 0 unspecified atom stereocenters. The molecule has 4 heteroatoms. The molecule has 0 heterocycles. The molecule has 0 aromatic heterocycles. The molecule has 1 rings (SSSR count). The maximum absolute atomic E-state index is 9.15. The maximum Gasteiger partial charge on any atom is 0.145 e. The third-order valence-electron chi connectivity index (χ3n) is 2.00. The van der Waals surface area contributed by atoms with Gasteiger partial charge < -0.3 is 19.9 Å². The summed E-state index contributed by atoms with van der Waals surface area (Å²) < 4.78 is 10.3. The van der Waals surface area contributed by atoms with Crippen LogP contribution in [0, 0.1) is 0 Å². The zero-order valence-electron chi connectivity index (χ0n) is 9.28. The average Bonchev–Trinajstić information content (AvgIpc) is 2.25. The van der Waals surface area contributed by atoms with Crippen molar-refractivity contribution in [2.24, 2.45) is 0 Å². The second kappa shape index (κ2) is 5.46. The number of aliphatic hydroxyl groups excluding tert-OH is 1. The molecule has 0 fully saturated rings. The second-order valence-corrected chi connectivity index (χ2v) is 3.30. The van der Waals surface area contributed by atoms with Crippen molar-refractivity contribution in [3.63, 3.8) is 0 Å². The topological polar surface area (TPSA) is 50.7 Å². The number of methoxy groups -OCH3 is 2. The molecule has 0 radical (unpaired) electrons. The van der Waals surface area contributed by atoms with Crippen molar-refractivity contribution in [2.45, 2.75) is 13.0 Å². The summed E-state index contributed by atoms with van der Waals surface area (Å²) in [4.78, 5) is 0. The van der Waals surface area contributed by atoms with Gasteiger partial charge in [0.1, 0.15) is 11.5 Å². The Morgan fingerprint density at radius 3 is 2.60 bits per heavy atom. The van der Waals surface area contributed by atoms with Gasteiger partial charge in [0.15, 0.2) is 0 Å². The standard InChI is InChI=1S/C11H17NO3/c1-8(13)7-12-10-5-4-9(14-2)6-11(10)15-3/h4-6,8,12-13H,7H2,1-3H3/t8-/m1/s1. The Kier molecular flexibility index (Phi) is 4.24. The first-order valence-electron chi connectivity index (χ1n) is 4.81. The Hall–Kier alpha value is -1.42. The van der Waals surface area contributed by atoms with Crippen molar-refractivity contribution in [3.8, 4) is 11.5 Å². The van der Waals surface area contributed by atoms with E-state index in [1.54, 1.807) is 27.2 Å². The van der Waals surface area contributed by atoms with E-state index in [4.69, 9.17) is 14.6 Å². The third kappa shape index (κ3) is 3.32. The van der Waals surface area contributed by atoms with E-state index < -0.39 is 6.10 Å². The lowest BCUT2D eigenvalue weighted by Gasteiger charge is -2.13. The van der Waals surface area contributed by atoms with E-state index in [0.29, 0.717) is 12.3 Å². The van der Waals surface area contributed by atoms with E-state index in [1.165, 1.54) is 0 Å². The summed E-state index contributed by atoms with van der Waals surface area (Å²) in [7, 11) is 3.21. The molecule has 0 aliphatic rings. The Balaban J connectivity index is 2.78. The van der Waals surface area contributed by atoms with Gasteiger partial charge in [-0.3, -0.25) is 0 Å². The molecule has 2 N–H and O–H groups in total. The lowest BCUT2D eigenvalue weighted by atomic mass is 10.2. The molecule has 0 amide bonds. The van der Waals surface area contributed by atoms with E-state index in [0.717, 1.165) is 11.4 Å². The van der Waals surface area contributed by atoms with Crippen molar-refractivity contribution >= 4 is 5.69 Å². The first kappa shape index (κ1) is 11.7. The number of aliphatic hydroxyl groups is 1. The highest BCUT2D eigenvalue weighted by atomic mass is 16.5. The highest BCUT2D eigenvalue weighted by Gasteiger charge is 2.05.